The standard InChI is InChI=1S/C21H27FN6O/c1-16-3-4-17(15-18(16)22)21(29)28-13-11-27(12-14-28)20-6-5-19(23-24-20)26-9-7-25(2)8-10-26/h3-6,15H,7-14H2,1-2H3. The molecule has 0 atom stereocenters. The van der Waals surface area contributed by atoms with Crippen molar-refractivity contribution in [3.63, 3.8) is 0 Å². The highest BCUT2D eigenvalue weighted by atomic mass is 19.1. The minimum Gasteiger partial charge on any atom is -0.353 e. The number of carbonyl (C=O) groups is 1. The summed E-state index contributed by atoms with van der Waals surface area (Å²) in [6.45, 7) is 8.21. The second-order valence-electron chi connectivity index (χ2n) is 7.78. The Morgan fingerprint density at radius 3 is 1.93 bits per heavy atom. The van der Waals surface area contributed by atoms with Crippen LogP contribution in [0.3, 0.4) is 0 Å². The van der Waals surface area contributed by atoms with Crippen molar-refractivity contribution < 1.29 is 9.18 Å². The Kier molecular flexibility index (Phi) is 5.62. The Balaban J connectivity index is 1.34. The minimum atomic E-state index is -0.342. The lowest BCUT2D eigenvalue weighted by Crippen LogP contribution is -2.49. The van der Waals surface area contributed by atoms with Crippen molar-refractivity contribution in [1.82, 2.24) is 20.0 Å². The lowest BCUT2D eigenvalue weighted by molar-refractivity contribution is 0.0746. The molecule has 29 heavy (non-hydrogen) atoms. The van der Waals surface area contributed by atoms with Crippen LogP contribution in [0.2, 0.25) is 0 Å². The summed E-state index contributed by atoms with van der Waals surface area (Å²) in [5.74, 6) is 1.28. The fourth-order valence-electron chi connectivity index (χ4n) is 3.74. The van der Waals surface area contributed by atoms with Gasteiger partial charge in [0.2, 0.25) is 0 Å². The number of benzene rings is 1. The summed E-state index contributed by atoms with van der Waals surface area (Å²) in [5.41, 5.74) is 0.947. The van der Waals surface area contributed by atoms with E-state index in [0.29, 0.717) is 37.3 Å². The van der Waals surface area contributed by atoms with Crippen molar-refractivity contribution >= 4 is 17.5 Å². The molecule has 0 saturated carbocycles. The van der Waals surface area contributed by atoms with E-state index in [4.69, 9.17) is 0 Å². The highest BCUT2D eigenvalue weighted by molar-refractivity contribution is 5.94. The van der Waals surface area contributed by atoms with Crippen LogP contribution in [0.1, 0.15) is 15.9 Å². The molecule has 2 aromatic rings. The number of rotatable bonds is 3. The van der Waals surface area contributed by atoms with Gasteiger partial charge in [0.25, 0.3) is 5.91 Å². The Hall–Kier alpha value is -2.74. The average Bonchev–Trinajstić information content (AvgIpc) is 2.76. The molecule has 1 amide bonds. The van der Waals surface area contributed by atoms with Gasteiger partial charge in [0.15, 0.2) is 11.6 Å². The molecule has 0 aliphatic carbocycles. The van der Waals surface area contributed by atoms with Crippen molar-refractivity contribution in [2.75, 3.05) is 69.2 Å². The lowest BCUT2D eigenvalue weighted by Gasteiger charge is -2.36. The largest absolute Gasteiger partial charge is 0.353 e. The second-order valence-corrected chi connectivity index (χ2v) is 7.78. The molecule has 2 fully saturated rings. The van der Waals surface area contributed by atoms with E-state index >= 15 is 0 Å². The Labute approximate surface area is 170 Å². The topological polar surface area (TPSA) is 55.8 Å². The van der Waals surface area contributed by atoms with Gasteiger partial charge < -0.3 is 19.6 Å². The van der Waals surface area contributed by atoms with E-state index in [-0.39, 0.29) is 11.7 Å². The van der Waals surface area contributed by atoms with Crippen LogP contribution in [0, 0.1) is 12.7 Å². The van der Waals surface area contributed by atoms with Gasteiger partial charge in [-0.2, -0.15) is 0 Å². The fraction of sp³-hybridized carbons (Fsp3) is 0.476. The van der Waals surface area contributed by atoms with Crippen LogP contribution in [-0.2, 0) is 0 Å². The van der Waals surface area contributed by atoms with Gasteiger partial charge in [0.05, 0.1) is 0 Å². The summed E-state index contributed by atoms with van der Waals surface area (Å²) < 4.78 is 13.8. The van der Waals surface area contributed by atoms with E-state index in [1.54, 1.807) is 24.0 Å². The number of likely N-dealkylation sites (N-methyl/N-ethyl adjacent to an activating group) is 1. The van der Waals surface area contributed by atoms with Crippen LogP contribution >= 0.6 is 0 Å². The zero-order valence-electron chi connectivity index (χ0n) is 17.0. The highest BCUT2D eigenvalue weighted by Crippen LogP contribution is 2.19. The van der Waals surface area contributed by atoms with Gasteiger partial charge in [-0.15, -0.1) is 10.2 Å². The van der Waals surface area contributed by atoms with E-state index in [1.165, 1.54) is 6.07 Å². The Morgan fingerprint density at radius 2 is 1.41 bits per heavy atom. The number of aryl methyl sites for hydroxylation is 1. The highest BCUT2D eigenvalue weighted by Gasteiger charge is 2.24. The normalized spacial score (nSPS) is 18.2. The molecule has 3 heterocycles. The summed E-state index contributed by atoms with van der Waals surface area (Å²) in [6.07, 6.45) is 0. The van der Waals surface area contributed by atoms with Crippen molar-refractivity contribution in [1.29, 1.82) is 0 Å². The first-order valence-electron chi connectivity index (χ1n) is 10.1. The molecule has 7 nitrogen and oxygen atoms in total. The van der Waals surface area contributed by atoms with Crippen LogP contribution in [0.4, 0.5) is 16.0 Å². The van der Waals surface area contributed by atoms with Crippen LogP contribution in [0.15, 0.2) is 30.3 Å². The van der Waals surface area contributed by atoms with Gasteiger partial charge in [-0.05, 0) is 43.8 Å². The summed E-state index contributed by atoms with van der Waals surface area (Å²) >= 11 is 0. The smallest absolute Gasteiger partial charge is 0.254 e. The molecule has 1 aromatic carbocycles. The maximum atomic E-state index is 13.8. The van der Waals surface area contributed by atoms with Gasteiger partial charge >= 0.3 is 0 Å². The number of hydrogen-bond donors (Lipinski definition) is 0. The first-order valence-corrected chi connectivity index (χ1v) is 10.1. The quantitative estimate of drug-likeness (QED) is 0.784. The first-order chi connectivity index (χ1) is 14.0. The number of nitrogens with zero attached hydrogens (tertiary/aromatic N) is 6. The number of hydrogen-bond acceptors (Lipinski definition) is 6. The molecule has 4 rings (SSSR count). The van der Waals surface area contributed by atoms with Crippen molar-refractivity contribution in [3.05, 3.63) is 47.3 Å². The SMILES string of the molecule is Cc1ccc(C(=O)N2CCN(c3ccc(N4CCN(C)CC4)nn3)CC2)cc1F. The predicted molar refractivity (Wildman–Crippen MR) is 111 cm³/mol. The molecular formula is C21H27FN6O. The lowest BCUT2D eigenvalue weighted by atomic mass is 10.1. The Bertz CT molecular complexity index is 858. The van der Waals surface area contributed by atoms with E-state index in [0.717, 1.165) is 37.8 Å². The van der Waals surface area contributed by atoms with E-state index < -0.39 is 0 Å². The van der Waals surface area contributed by atoms with E-state index in [2.05, 4.69) is 31.9 Å². The van der Waals surface area contributed by atoms with Gasteiger partial charge in [-0.25, -0.2) is 4.39 Å². The number of halogens is 1. The molecule has 2 aliphatic rings. The van der Waals surface area contributed by atoms with Crippen LogP contribution < -0.4 is 9.80 Å². The monoisotopic (exact) mass is 398 g/mol. The minimum absolute atomic E-state index is 0.125. The van der Waals surface area contributed by atoms with Gasteiger partial charge in [0, 0.05) is 57.9 Å². The molecule has 1 aromatic heterocycles. The molecule has 0 spiro atoms. The van der Waals surface area contributed by atoms with Gasteiger partial charge in [-0.1, -0.05) is 6.07 Å². The molecule has 2 aliphatic heterocycles. The van der Waals surface area contributed by atoms with Crippen LogP contribution in [0.5, 0.6) is 0 Å². The molecule has 2 saturated heterocycles. The molecule has 0 radical (unpaired) electrons. The van der Waals surface area contributed by atoms with Gasteiger partial charge in [0.1, 0.15) is 5.82 Å². The summed E-state index contributed by atoms with van der Waals surface area (Å²) in [6, 6.07) is 8.70. The zero-order chi connectivity index (χ0) is 20.4. The summed E-state index contributed by atoms with van der Waals surface area (Å²) in [5, 5.41) is 8.83. The summed E-state index contributed by atoms with van der Waals surface area (Å²) in [4.78, 5) is 21.1. The van der Waals surface area contributed by atoms with Crippen molar-refractivity contribution in [3.8, 4) is 0 Å². The molecule has 154 valence electrons. The molecular weight excluding hydrogens is 371 g/mol. The maximum absolute atomic E-state index is 13.8. The molecule has 8 heteroatoms. The number of aromatic nitrogens is 2. The van der Waals surface area contributed by atoms with Crippen molar-refractivity contribution in [2.45, 2.75) is 6.92 Å². The molecule has 0 N–H and O–H groups in total. The third-order valence-corrected chi connectivity index (χ3v) is 5.77. The van der Waals surface area contributed by atoms with Gasteiger partial charge in [-0.3, -0.25) is 4.79 Å². The Morgan fingerprint density at radius 1 is 0.862 bits per heavy atom. The second kappa shape index (κ2) is 8.32. The third kappa shape index (κ3) is 4.32. The molecule has 0 unspecified atom stereocenters. The van der Waals surface area contributed by atoms with Crippen LogP contribution in [0.25, 0.3) is 0 Å². The van der Waals surface area contributed by atoms with E-state index in [9.17, 15) is 9.18 Å². The number of piperazine rings is 2. The number of carbonyl (C=O) groups excluding carboxylic acids is 1. The maximum Gasteiger partial charge on any atom is 0.254 e. The van der Waals surface area contributed by atoms with Crippen LogP contribution in [-0.4, -0.2) is 85.3 Å². The third-order valence-electron chi connectivity index (χ3n) is 5.77. The fourth-order valence-corrected chi connectivity index (χ4v) is 3.74. The number of amides is 1. The average molecular weight is 398 g/mol. The van der Waals surface area contributed by atoms with Crippen molar-refractivity contribution in [2.24, 2.45) is 0 Å². The summed E-state index contributed by atoms with van der Waals surface area (Å²) in [7, 11) is 2.13. The first kappa shape index (κ1) is 19.6. The van der Waals surface area contributed by atoms with E-state index in [1.807, 2.05) is 12.1 Å². The molecule has 0 bridgehead atoms. The predicted octanol–water partition coefficient (Wildman–Crippen LogP) is 1.64. The number of anilines is 2. The zero-order valence-corrected chi connectivity index (χ0v) is 17.0.